The first-order valence-electron chi connectivity index (χ1n) is 6.17. The van der Waals surface area contributed by atoms with Gasteiger partial charge in [-0.1, -0.05) is 6.07 Å². The van der Waals surface area contributed by atoms with E-state index in [4.69, 9.17) is 4.74 Å². The van der Waals surface area contributed by atoms with Crippen molar-refractivity contribution in [1.82, 2.24) is 10.2 Å². The topological polar surface area (TPSA) is 41.6 Å². The minimum Gasteiger partial charge on any atom is -0.378 e. The molecule has 0 aromatic heterocycles. The zero-order valence-corrected chi connectivity index (χ0v) is 10.5. The van der Waals surface area contributed by atoms with E-state index in [0.717, 1.165) is 12.1 Å². The van der Waals surface area contributed by atoms with E-state index in [9.17, 15) is 13.6 Å². The summed E-state index contributed by atoms with van der Waals surface area (Å²) in [7, 11) is 0. The highest BCUT2D eigenvalue weighted by atomic mass is 19.2. The lowest BCUT2D eigenvalue weighted by Crippen LogP contribution is -2.44. The van der Waals surface area contributed by atoms with Gasteiger partial charge in [-0.25, -0.2) is 8.78 Å². The summed E-state index contributed by atoms with van der Waals surface area (Å²) in [5.41, 5.74) is 0.605. The first kappa shape index (κ1) is 13.9. The number of nitrogens with one attached hydrogen (secondary N) is 1. The molecule has 6 heteroatoms. The highest BCUT2D eigenvalue weighted by Crippen LogP contribution is 2.08. The number of carbonyl (C=O) groups is 1. The third-order valence-electron chi connectivity index (χ3n) is 2.95. The molecular formula is C13H16F2N2O2. The molecule has 1 saturated heterocycles. The van der Waals surface area contributed by atoms with Crippen LogP contribution in [0.2, 0.25) is 0 Å². The van der Waals surface area contributed by atoms with Crippen LogP contribution >= 0.6 is 0 Å². The zero-order valence-electron chi connectivity index (χ0n) is 10.5. The van der Waals surface area contributed by atoms with Crippen molar-refractivity contribution in [2.24, 2.45) is 0 Å². The fourth-order valence-corrected chi connectivity index (χ4v) is 1.89. The number of carbonyl (C=O) groups excluding carboxylic acids is 1. The molecule has 1 aromatic carbocycles. The Morgan fingerprint density at radius 3 is 2.68 bits per heavy atom. The smallest absolute Gasteiger partial charge is 0.236 e. The molecule has 1 amide bonds. The number of ether oxygens (including phenoxy) is 1. The summed E-state index contributed by atoms with van der Waals surface area (Å²) >= 11 is 0. The molecule has 1 fully saturated rings. The van der Waals surface area contributed by atoms with Gasteiger partial charge in [-0.2, -0.15) is 0 Å². The molecule has 0 aliphatic carbocycles. The molecule has 4 nitrogen and oxygen atoms in total. The van der Waals surface area contributed by atoms with Crippen LogP contribution in [0.15, 0.2) is 18.2 Å². The van der Waals surface area contributed by atoms with Gasteiger partial charge in [0.2, 0.25) is 5.91 Å². The molecule has 1 N–H and O–H groups in total. The lowest BCUT2D eigenvalue weighted by molar-refractivity contribution is -0.134. The average molecular weight is 270 g/mol. The first-order chi connectivity index (χ1) is 9.16. The van der Waals surface area contributed by atoms with E-state index in [-0.39, 0.29) is 12.5 Å². The molecule has 0 radical (unpaired) electrons. The molecule has 0 bridgehead atoms. The van der Waals surface area contributed by atoms with Gasteiger partial charge in [0.05, 0.1) is 19.8 Å². The third-order valence-corrected chi connectivity index (χ3v) is 2.95. The molecule has 1 aliphatic rings. The van der Waals surface area contributed by atoms with Crippen molar-refractivity contribution >= 4 is 5.91 Å². The van der Waals surface area contributed by atoms with E-state index in [1.807, 2.05) is 0 Å². The lowest BCUT2D eigenvalue weighted by Gasteiger charge is -2.26. The first-order valence-corrected chi connectivity index (χ1v) is 6.17. The lowest BCUT2D eigenvalue weighted by atomic mass is 10.2. The van der Waals surface area contributed by atoms with Crippen molar-refractivity contribution < 1.29 is 18.3 Å². The number of nitrogens with zero attached hydrogens (tertiary/aromatic N) is 1. The number of halogens is 2. The fourth-order valence-electron chi connectivity index (χ4n) is 1.89. The normalized spacial score (nSPS) is 15.6. The van der Waals surface area contributed by atoms with Crippen LogP contribution in [-0.2, 0) is 16.1 Å². The van der Waals surface area contributed by atoms with Gasteiger partial charge < -0.3 is 15.0 Å². The van der Waals surface area contributed by atoms with Crippen molar-refractivity contribution in [2.45, 2.75) is 6.54 Å². The van der Waals surface area contributed by atoms with Gasteiger partial charge in [-0.3, -0.25) is 4.79 Å². The molecule has 1 aromatic rings. The number of rotatable bonds is 4. The van der Waals surface area contributed by atoms with E-state index in [1.54, 1.807) is 4.90 Å². The summed E-state index contributed by atoms with van der Waals surface area (Å²) < 4.78 is 30.8. The molecular weight excluding hydrogens is 254 g/mol. The van der Waals surface area contributed by atoms with Gasteiger partial charge >= 0.3 is 0 Å². The van der Waals surface area contributed by atoms with Gasteiger partial charge in [0, 0.05) is 19.6 Å². The summed E-state index contributed by atoms with van der Waals surface area (Å²) in [6, 6.07) is 3.70. The average Bonchev–Trinajstić information content (AvgIpc) is 2.43. The Balaban J connectivity index is 1.76. The zero-order chi connectivity index (χ0) is 13.7. The van der Waals surface area contributed by atoms with Crippen molar-refractivity contribution in [2.75, 3.05) is 32.8 Å². The van der Waals surface area contributed by atoms with Gasteiger partial charge in [0.25, 0.3) is 0 Å². The third kappa shape index (κ3) is 3.97. The highest BCUT2D eigenvalue weighted by molar-refractivity contribution is 5.78. The highest BCUT2D eigenvalue weighted by Gasteiger charge is 2.15. The van der Waals surface area contributed by atoms with Crippen LogP contribution in [-0.4, -0.2) is 43.7 Å². The molecule has 2 rings (SSSR count). The van der Waals surface area contributed by atoms with Gasteiger partial charge in [0.15, 0.2) is 11.6 Å². The Hall–Kier alpha value is -1.53. The Labute approximate surface area is 110 Å². The molecule has 19 heavy (non-hydrogen) atoms. The summed E-state index contributed by atoms with van der Waals surface area (Å²) in [6.45, 7) is 2.84. The molecule has 104 valence electrons. The number of hydrogen-bond acceptors (Lipinski definition) is 3. The number of benzene rings is 1. The van der Waals surface area contributed by atoms with E-state index < -0.39 is 11.6 Å². The van der Waals surface area contributed by atoms with Gasteiger partial charge in [-0.15, -0.1) is 0 Å². The van der Waals surface area contributed by atoms with Gasteiger partial charge in [-0.05, 0) is 17.7 Å². The molecule has 1 heterocycles. The van der Waals surface area contributed by atoms with Crippen LogP contribution in [0.25, 0.3) is 0 Å². The van der Waals surface area contributed by atoms with Crippen molar-refractivity contribution in [1.29, 1.82) is 0 Å². The summed E-state index contributed by atoms with van der Waals surface area (Å²) in [6.07, 6.45) is 0. The standard InChI is InChI=1S/C13H16F2N2O2/c14-11-2-1-10(7-12(11)15)8-16-9-13(18)17-3-5-19-6-4-17/h1-2,7,16H,3-6,8-9H2. The van der Waals surface area contributed by atoms with E-state index in [0.29, 0.717) is 38.4 Å². The summed E-state index contributed by atoms with van der Waals surface area (Å²) in [4.78, 5) is 13.5. The summed E-state index contributed by atoms with van der Waals surface area (Å²) in [5.74, 6) is -1.75. The fraction of sp³-hybridized carbons (Fsp3) is 0.462. The number of hydrogen-bond donors (Lipinski definition) is 1. The second-order valence-electron chi connectivity index (χ2n) is 4.35. The monoisotopic (exact) mass is 270 g/mol. The van der Waals surface area contributed by atoms with Crippen LogP contribution in [0.4, 0.5) is 8.78 Å². The van der Waals surface area contributed by atoms with Crippen molar-refractivity contribution in [3.8, 4) is 0 Å². The quantitative estimate of drug-likeness (QED) is 0.884. The Bertz CT molecular complexity index is 448. The molecule has 0 saturated carbocycles. The molecule has 1 aliphatic heterocycles. The Kier molecular flexibility index (Phi) is 4.81. The van der Waals surface area contributed by atoms with Crippen LogP contribution in [0.3, 0.4) is 0 Å². The van der Waals surface area contributed by atoms with E-state index in [2.05, 4.69) is 5.32 Å². The number of amides is 1. The molecule has 0 unspecified atom stereocenters. The van der Waals surface area contributed by atoms with E-state index in [1.165, 1.54) is 6.07 Å². The van der Waals surface area contributed by atoms with Gasteiger partial charge in [0.1, 0.15) is 0 Å². The van der Waals surface area contributed by atoms with Crippen LogP contribution in [0, 0.1) is 11.6 Å². The van der Waals surface area contributed by atoms with Crippen molar-refractivity contribution in [3.63, 3.8) is 0 Å². The second kappa shape index (κ2) is 6.58. The van der Waals surface area contributed by atoms with Crippen molar-refractivity contribution in [3.05, 3.63) is 35.4 Å². The SMILES string of the molecule is O=C(CNCc1ccc(F)c(F)c1)N1CCOCC1. The Morgan fingerprint density at radius 2 is 2.00 bits per heavy atom. The van der Waals surface area contributed by atoms with Crippen LogP contribution in [0.1, 0.15) is 5.56 Å². The maximum atomic E-state index is 13.0. The summed E-state index contributed by atoms with van der Waals surface area (Å²) in [5, 5.41) is 2.92. The van der Waals surface area contributed by atoms with Crippen LogP contribution in [0.5, 0.6) is 0 Å². The minimum absolute atomic E-state index is 0.00844. The maximum absolute atomic E-state index is 13.0. The predicted octanol–water partition coefficient (Wildman–Crippen LogP) is 0.913. The molecule has 0 spiro atoms. The predicted molar refractivity (Wildman–Crippen MR) is 65.5 cm³/mol. The second-order valence-corrected chi connectivity index (χ2v) is 4.35. The van der Waals surface area contributed by atoms with Crippen LogP contribution < -0.4 is 5.32 Å². The number of morpholine rings is 1. The minimum atomic E-state index is -0.876. The van der Waals surface area contributed by atoms with E-state index >= 15 is 0 Å². The maximum Gasteiger partial charge on any atom is 0.236 e. The molecule has 0 atom stereocenters. The Morgan fingerprint density at radius 1 is 1.26 bits per heavy atom. The largest absolute Gasteiger partial charge is 0.378 e.